The summed E-state index contributed by atoms with van der Waals surface area (Å²) in [7, 11) is 0. The normalized spacial score (nSPS) is 29.1. The summed E-state index contributed by atoms with van der Waals surface area (Å²) in [4.78, 5) is 11.2. The van der Waals surface area contributed by atoms with Crippen molar-refractivity contribution in [2.24, 2.45) is 5.92 Å². The van der Waals surface area contributed by atoms with Crippen LogP contribution in [0.1, 0.15) is 48.6 Å². The van der Waals surface area contributed by atoms with E-state index < -0.39 is 5.97 Å². The highest BCUT2D eigenvalue weighted by molar-refractivity contribution is 5.78. The van der Waals surface area contributed by atoms with Gasteiger partial charge in [0.1, 0.15) is 0 Å². The number of aromatic amines is 1. The Morgan fingerprint density at radius 3 is 2.87 bits per heavy atom. The largest absolute Gasteiger partial charge is 0.481 e. The predicted octanol–water partition coefficient (Wildman–Crippen LogP) is 1.65. The molecule has 15 heavy (non-hydrogen) atoms. The van der Waals surface area contributed by atoms with Crippen molar-refractivity contribution in [3.05, 3.63) is 17.0 Å². The minimum Gasteiger partial charge on any atom is -0.481 e. The predicted molar refractivity (Wildman–Crippen MR) is 53.8 cm³/mol. The molecule has 0 aliphatic heterocycles. The molecular formula is C11H14N2O2. The van der Waals surface area contributed by atoms with Crippen LogP contribution >= 0.6 is 0 Å². The summed E-state index contributed by atoms with van der Waals surface area (Å²) in [6.07, 6.45) is 3.15. The standard InChI is InChI=1S/C11H14N2O2/c1-5-4-7-9(8(5)11(14)15)10(13-12-7)6-2-3-6/h5-6,8H,2-4H2,1H3,(H,12,13)(H,14,15). The van der Waals surface area contributed by atoms with Gasteiger partial charge in [-0.05, 0) is 25.2 Å². The van der Waals surface area contributed by atoms with Crippen LogP contribution in [0.4, 0.5) is 0 Å². The fourth-order valence-electron chi connectivity index (χ4n) is 2.66. The van der Waals surface area contributed by atoms with Crippen molar-refractivity contribution in [3.63, 3.8) is 0 Å². The molecule has 0 saturated heterocycles. The first-order chi connectivity index (χ1) is 7.18. The summed E-state index contributed by atoms with van der Waals surface area (Å²) < 4.78 is 0. The summed E-state index contributed by atoms with van der Waals surface area (Å²) in [6.45, 7) is 2.00. The number of aliphatic carboxylic acids is 1. The van der Waals surface area contributed by atoms with Crippen molar-refractivity contribution >= 4 is 5.97 Å². The maximum Gasteiger partial charge on any atom is 0.311 e. The zero-order valence-corrected chi connectivity index (χ0v) is 8.66. The van der Waals surface area contributed by atoms with Crippen molar-refractivity contribution in [1.82, 2.24) is 10.2 Å². The van der Waals surface area contributed by atoms with Crippen molar-refractivity contribution in [1.29, 1.82) is 0 Å². The van der Waals surface area contributed by atoms with Gasteiger partial charge in [-0.15, -0.1) is 0 Å². The van der Waals surface area contributed by atoms with Gasteiger partial charge in [-0.3, -0.25) is 9.89 Å². The van der Waals surface area contributed by atoms with Gasteiger partial charge in [-0.25, -0.2) is 0 Å². The van der Waals surface area contributed by atoms with E-state index in [9.17, 15) is 9.90 Å². The molecule has 2 aliphatic carbocycles. The van der Waals surface area contributed by atoms with Crippen LogP contribution in [-0.2, 0) is 11.2 Å². The van der Waals surface area contributed by atoms with Crippen LogP contribution in [0.5, 0.6) is 0 Å². The van der Waals surface area contributed by atoms with Crippen molar-refractivity contribution < 1.29 is 9.90 Å². The zero-order valence-electron chi connectivity index (χ0n) is 8.66. The number of H-pyrrole nitrogens is 1. The molecular weight excluding hydrogens is 192 g/mol. The summed E-state index contributed by atoms with van der Waals surface area (Å²) in [5.74, 6) is -0.319. The third kappa shape index (κ3) is 1.20. The molecule has 3 rings (SSSR count). The molecule has 4 heteroatoms. The Labute approximate surface area is 87.7 Å². The van der Waals surface area contributed by atoms with E-state index in [1.54, 1.807) is 0 Å². The minimum absolute atomic E-state index is 0.198. The van der Waals surface area contributed by atoms with Gasteiger partial charge in [-0.2, -0.15) is 5.10 Å². The van der Waals surface area contributed by atoms with Crippen LogP contribution < -0.4 is 0 Å². The average molecular weight is 206 g/mol. The quantitative estimate of drug-likeness (QED) is 0.773. The molecule has 2 atom stereocenters. The van der Waals surface area contributed by atoms with Gasteiger partial charge in [-0.1, -0.05) is 6.92 Å². The Bertz CT molecular complexity index is 420. The molecule has 2 unspecified atom stereocenters. The number of hydrogen-bond donors (Lipinski definition) is 2. The molecule has 0 aromatic carbocycles. The molecule has 0 spiro atoms. The average Bonchev–Trinajstić information content (AvgIpc) is 2.83. The van der Waals surface area contributed by atoms with Crippen LogP contribution in [-0.4, -0.2) is 21.3 Å². The van der Waals surface area contributed by atoms with Gasteiger partial charge in [0, 0.05) is 17.2 Å². The zero-order chi connectivity index (χ0) is 10.6. The summed E-state index contributed by atoms with van der Waals surface area (Å²) in [5.41, 5.74) is 3.08. The van der Waals surface area contributed by atoms with E-state index in [0.29, 0.717) is 5.92 Å². The molecule has 4 nitrogen and oxygen atoms in total. The lowest BCUT2D eigenvalue weighted by Gasteiger charge is -2.11. The number of nitrogens with zero attached hydrogens (tertiary/aromatic N) is 1. The monoisotopic (exact) mass is 206 g/mol. The molecule has 1 heterocycles. The topological polar surface area (TPSA) is 66.0 Å². The molecule has 1 saturated carbocycles. The second-order valence-corrected chi connectivity index (χ2v) is 4.77. The Morgan fingerprint density at radius 2 is 2.27 bits per heavy atom. The fourth-order valence-corrected chi connectivity index (χ4v) is 2.66. The fraction of sp³-hybridized carbons (Fsp3) is 0.636. The second kappa shape index (κ2) is 2.84. The molecule has 0 amide bonds. The van der Waals surface area contributed by atoms with Crippen molar-refractivity contribution in [3.8, 4) is 0 Å². The third-order valence-corrected chi connectivity index (χ3v) is 3.55. The maximum atomic E-state index is 11.2. The van der Waals surface area contributed by atoms with E-state index in [1.165, 1.54) is 0 Å². The lowest BCUT2D eigenvalue weighted by molar-refractivity contribution is -0.139. The van der Waals surface area contributed by atoms with Gasteiger partial charge < -0.3 is 5.11 Å². The van der Waals surface area contributed by atoms with E-state index in [2.05, 4.69) is 10.2 Å². The summed E-state index contributed by atoms with van der Waals surface area (Å²) >= 11 is 0. The second-order valence-electron chi connectivity index (χ2n) is 4.77. The maximum absolute atomic E-state index is 11.2. The minimum atomic E-state index is -0.704. The summed E-state index contributed by atoms with van der Waals surface area (Å²) in [6, 6.07) is 0. The Morgan fingerprint density at radius 1 is 1.53 bits per heavy atom. The van der Waals surface area contributed by atoms with Gasteiger partial charge >= 0.3 is 5.97 Å². The van der Waals surface area contributed by atoms with Crippen LogP contribution in [0.2, 0.25) is 0 Å². The number of carbonyl (C=O) groups is 1. The first kappa shape index (κ1) is 8.95. The van der Waals surface area contributed by atoms with Gasteiger partial charge in [0.25, 0.3) is 0 Å². The molecule has 2 aliphatic rings. The number of rotatable bonds is 2. The smallest absolute Gasteiger partial charge is 0.311 e. The van der Waals surface area contributed by atoms with E-state index in [1.807, 2.05) is 6.92 Å². The first-order valence-electron chi connectivity index (χ1n) is 5.48. The van der Waals surface area contributed by atoms with E-state index in [-0.39, 0.29) is 11.8 Å². The number of carboxylic acid groups (broad SMARTS) is 1. The number of fused-ring (bicyclic) bond motifs is 1. The lowest BCUT2D eigenvalue weighted by Crippen LogP contribution is -2.16. The Hall–Kier alpha value is -1.32. The Balaban J connectivity index is 2.07. The molecule has 0 radical (unpaired) electrons. The van der Waals surface area contributed by atoms with Crippen LogP contribution in [0.15, 0.2) is 0 Å². The molecule has 1 aromatic heterocycles. The van der Waals surface area contributed by atoms with Crippen molar-refractivity contribution in [2.75, 3.05) is 0 Å². The number of aromatic nitrogens is 2. The third-order valence-electron chi connectivity index (χ3n) is 3.55. The number of carboxylic acids is 1. The highest BCUT2D eigenvalue weighted by Gasteiger charge is 2.42. The van der Waals surface area contributed by atoms with Gasteiger partial charge in [0.2, 0.25) is 0 Å². The van der Waals surface area contributed by atoms with E-state index in [0.717, 1.165) is 36.2 Å². The van der Waals surface area contributed by atoms with E-state index in [4.69, 9.17) is 0 Å². The lowest BCUT2D eigenvalue weighted by atomic mass is 9.92. The molecule has 0 bridgehead atoms. The van der Waals surface area contributed by atoms with Gasteiger partial charge in [0.15, 0.2) is 0 Å². The van der Waals surface area contributed by atoms with Gasteiger partial charge in [0.05, 0.1) is 11.6 Å². The molecule has 2 N–H and O–H groups in total. The number of hydrogen-bond acceptors (Lipinski definition) is 2. The van der Waals surface area contributed by atoms with E-state index >= 15 is 0 Å². The first-order valence-corrected chi connectivity index (χ1v) is 5.48. The molecule has 1 aromatic rings. The highest BCUT2D eigenvalue weighted by Crippen LogP contribution is 2.47. The van der Waals surface area contributed by atoms with Crippen LogP contribution in [0.3, 0.4) is 0 Å². The van der Waals surface area contributed by atoms with Crippen molar-refractivity contribution in [2.45, 2.75) is 38.0 Å². The number of nitrogens with one attached hydrogen (secondary N) is 1. The van der Waals surface area contributed by atoms with Crippen LogP contribution in [0, 0.1) is 5.92 Å². The SMILES string of the molecule is CC1Cc2[nH]nc(C3CC3)c2C1C(=O)O. The Kier molecular flexibility index (Phi) is 1.69. The molecule has 1 fully saturated rings. The van der Waals surface area contributed by atoms with Crippen LogP contribution in [0.25, 0.3) is 0 Å². The summed E-state index contributed by atoms with van der Waals surface area (Å²) in [5, 5.41) is 16.5. The highest BCUT2D eigenvalue weighted by atomic mass is 16.4. The molecule has 80 valence electrons.